The van der Waals surface area contributed by atoms with E-state index in [-0.39, 0.29) is 30.5 Å². The van der Waals surface area contributed by atoms with Gasteiger partial charge in [-0.1, -0.05) is 20.8 Å². The molecular formula is C15H31NO5Si. The zero-order valence-corrected chi connectivity index (χ0v) is 16.0. The number of ether oxygens (including phenoxy) is 3. The first-order chi connectivity index (χ1) is 10.2. The standard InChI is InChI=1S/C15H31NO5Si/c1-15(2,3)22(6,7)21-9-8-12-13(20-11-19-5)14(17)16(12)10-18-4/h12-13H,8-11H2,1-7H3/t12-,13+/m0/s1. The van der Waals surface area contributed by atoms with Crippen molar-refractivity contribution in [1.29, 1.82) is 0 Å². The van der Waals surface area contributed by atoms with E-state index in [9.17, 15) is 4.79 Å². The topological polar surface area (TPSA) is 57.2 Å². The first-order valence-electron chi connectivity index (χ1n) is 7.69. The molecule has 2 atom stereocenters. The van der Waals surface area contributed by atoms with Gasteiger partial charge in [0.15, 0.2) is 14.4 Å². The van der Waals surface area contributed by atoms with E-state index in [1.807, 2.05) is 0 Å². The van der Waals surface area contributed by atoms with E-state index in [0.717, 1.165) is 6.42 Å². The molecule has 1 fully saturated rings. The first kappa shape index (κ1) is 19.6. The van der Waals surface area contributed by atoms with Crippen molar-refractivity contribution < 1.29 is 23.4 Å². The number of nitrogens with zero attached hydrogens (tertiary/aromatic N) is 1. The molecule has 0 spiro atoms. The van der Waals surface area contributed by atoms with Gasteiger partial charge in [0.05, 0.1) is 6.04 Å². The molecule has 1 aliphatic rings. The maximum atomic E-state index is 12.0. The summed E-state index contributed by atoms with van der Waals surface area (Å²) in [6.07, 6.45) is 0.300. The van der Waals surface area contributed by atoms with Gasteiger partial charge in [-0.2, -0.15) is 0 Å². The summed E-state index contributed by atoms with van der Waals surface area (Å²) in [7, 11) is 1.36. The van der Waals surface area contributed by atoms with Crippen molar-refractivity contribution in [2.24, 2.45) is 0 Å². The number of hydrogen-bond acceptors (Lipinski definition) is 5. The normalized spacial score (nSPS) is 22.9. The second kappa shape index (κ2) is 7.87. The van der Waals surface area contributed by atoms with Gasteiger partial charge >= 0.3 is 0 Å². The third-order valence-electron chi connectivity index (χ3n) is 4.59. The van der Waals surface area contributed by atoms with Crippen LogP contribution in [0.3, 0.4) is 0 Å². The third-order valence-corrected chi connectivity index (χ3v) is 9.13. The van der Waals surface area contributed by atoms with Crippen molar-refractivity contribution in [2.75, 3.05) is 34.4 Å². The SMILES string of the molecule is COCO[C@H]1C(=O)N(COC)[C@H]1CCO[Si](C)(C)C(C)(C)C. The van der Waals surface area contributed by atoms with Gasteiger partial charge < -0.3 is 23.5 Å². The van der Waals surface area contributed by atoms with Crippen LogP contribution in [0.25, 0.3) is 0 Å². The molecule has 22 heavy (non-hydrogen) atoms. The predicted octanol–water partition coefficient (Wildman–Crippen LogP) is 2.20. The lowest BCUT2D eigenvalue weighted by Crippen LogP contribution is -2.66. The van der Waals surface area contributed by atoms with Crippen molar-refractivity contribution >= 4 is 14.2 Å². The molecule has 6 nitrogen and oxygen atoms in total. The Kier molecular flexibility index (Phi) is 7.01. The quantitative estimate of drug-likeness (QED) is 0.368. The molecule has 0 bridgehead atoms. The Balaban J connectivity index is 2.54. The van der Waals surface area contributed by atoms with Gasteiger partial charge in [0.1, 0.15) is 13.5 Å². The lowest BCUT2D eigenvalue weighted by molar-refractivity contribution is -0.197. The van der Waals surface area contributed by atoms with Crippen LogP contribution in [0.2, 0.25) is 18.1 Å². The van der Waals surface area contributed by atoms with Gasteiger partial charge in [-0.3, -0.25) is 4.79 Å². The number of likely N-dealkylation sites (tertiary alicyclic amines) is 1. The maximum Gasteiger partial charge on any atom is 0.256 e. The number of methoxy groups -OCH3 is 2. The van der Waals surface area contributed by atoms with Crippen molar-refractivity contribution in [3.8, 4) is 0 Å². The number of carbonyl (C=O) groups is 1. The molecule has 0 aromatic carbocycles. The minimum Gasteiger partial charge on any atom is -0.417 e. The molecule has 1 rings (SSSR count). The molecule has 0 aromatic rings. The van der Waals surface area contributed by atoms with Crippen LogP contribution in [-0.4, -0.2) is 65.6 Å². The van der Waals surface area contributed by atoms with E-state index in [1.165, 1.54) is 0 Å². The predicted molar refractivity (Wildman–Crippen MR) is 87.0 cm³/mol. The van der Waals surface area contributed by atoms with E-state index < -0.39 is 14.4 Å². The minimum absolute atomic E-state index is 0.00707. The molecule has 1 amide bonds. The second-order valence-electron chi connectivity index (χ2n) is 7.18. The lowest BCUT2D eigenvalue weighted by atomic mass is 9.96. The van der Waals surface area contributed by atoms with Crippen LogP contribution in [0.15, 0.2) is 0 Å². The Morgan fingerprint density at radius 3 is 2.32 bits per heavy atom. The minimum atomic E-state index is -1.77. The van der Waals surface area contributed by atoms with Gasteiger partial charge in [-0.25, -0.2) is 0 Å². The summed E-state index contributed by atoms with van der Waals surface area (Å²) in [4.78, 5) is 13.7. The van der Waals surface area contributed by atoms with Crippen LogP contribution in [0, 0.1) is 0 Å². The Hall–Kier alpha value is -0.473. The molecule has 0 saturated carbocycles. The number of carbonyl (C=O) groups excluding carboxylic acids is 1. The molecule has 130 valence electrons. The highest BCUT2D eigenvalue weighted by Crippen LogP contribution is 2.37. The van der Waals surface area contributed by atoms with E-state index >= 15 is 0 Å². The number of rotatable bonds is 9. The van der Waals surface area contributed by atoms with Gasteiger partial charge in [-0.15, -0.1) is 0 Å². The average molecular weight is 334 g/mol. The molecule has 0 aliphatic carbocycles. The summed E-state index contributed by atoms with van der Waals surface area (Å²) < 4.78 is 21.6. The Labute approximate surface area is 135 Å². The van der Waals surface area contributed by atoms with Gasteiger partial charge in [0, 0.05) is 20.8 Å². The first-order valence-corrected chi connectivity index (χ1v) is 10.6. The molecule has 0 aromatic heterocycles. The van der Waals surface area contributed by atoms with Crippen LogP contribution >= 0.6 is 0 Å². The summed E-state index contributed by atoms with van der Waals surface area (Å²) in [6, 6.07) is -0.00707. The van der Waals surface area contributed by atoms with Gasteiger partial charge in [0.2, 0.25) is 0 Å². The number of amides is 1. The van der Waals surface area contributed by atoms with Crippen LogP contribution in [0.4, 0.5) is 0 Å². The van der Waals surface area contributed by atoms with E-state index in [1.54, 1.807) is 19.1 Å². The summed E-state index contributed by atoms with van der Waals surface area (Å²) in [6.45, 7) is 12.1. The molecular weight excluding hydrogens is 302 g/mol. The Bertz CT molecular complexity index is 369. The molecule has 1 heterocycles. The molecule has 0 radical (unpaired) electrons. The zero-order chi connectivity index (χ0) is 17.0. The zero-order valence-electron chi connectivity index (χ0n) is 15.0. The number of hydrogen-bond donors (Lipinski definition) is 0. The molecule has 1 aliphatic heterocycles. The fourth-order valence-electron chi connectivity index (χ4n) is 2.15. The second-order valence-corrected chi connectivity index (χ2v) is 12.0. The van der Waals surface area contributed by atoms with E-state index in [4.69, 9.17) is 18.6 Å². The molecule has 7 heteroatoms. The van der Waals surface area contributed by atoms with Crippen LogP contribution in [0.1, 0.15) is 27.2 Å². The van der Waals surface area contributed by atoms with Crippen molar-refractivity contribution in [1.82, 2.24) is 4.90 Å². The van der Waals surface area contributed by atoms with Crippen molar-refractivity contribution in [3.63, 3.8) is 0 Å². The highest BCUT2D eigenvalue weighted by Gasteiger charge is 2.48. The van der Waals surface area contributed by atoms with Crippen LogP contribution in [-0.2, 0) is 23.4 Å². The van der Waals surface area contributed by atoms with Gasteiger partial charge in [0.25, 0.3) is 5.91 Å². The average Bonchev–Trinajstić information content (AvgIpc) is 2.42. The third kappa shape index (κ3) is 4.52. The monoisotopic (exact) mass is 333 g/mol. The fraction of sp³-hybridized carbons (Fsp3) is 0.933. The summed E-state index contributed by atoms with van der Waals surface area (Å²) in [5.74, 6) is -0.0452. The maximum absolute atomic E-state index is 12.0. The molecule has 0 unspecified atom stereocenters. The van der Waals surface area contributed by atoms with E-state index in [0.29, 0.717) is 6.61 Å². The highest BCUT2D eigenvalue weighted by atomic mass is 28.4. The van der Waals surface area contributed by atoms with E-state index in [2.05, 4.69) is 33.9 Å². The fourth-order valence-corrected chi connectivity index (χ4v) is 3.21. The molecule has 1 saturated heterocycles. The summed E-state index contributed by atoms with van der Waals surface area (Å²) >= 11 is 0. The van der Waals surface area contributed by atoms with Crippen LogP contribution in [0.5, 0.6) is 0 Å². The van der Waals surface area contributed by atoms with Crippen molar-refractivity contribution in [2.45, 2.75) is 57.5 Å². The molecule has 0 N–H and O–H groups in total. The Morgan fingerprint density at radius 1 is 1.18 bits per heavy atom. The Morgan fingerprint density at radius 2 is 1.82 bits per heavy atom. The smallest absolute Gasteiger partial charge is 0.256 e. The van der Waals surface area contributed by atoms with Gasteiger partial charge in [-0.05, 0) is 24.6 Å². The van der Waals surface area contributed by atoms with Crippen molar-refractivity contribution in [3.05, 3.63) is 0 Å². The van der Waals surface area contributed by atoms with Crippen LogP contribution < -0.4 is 0 Å². The number of β-lactam (4-membered cyclic amide) rings is 1. The summed E-state index contributed by atoms with van der Waals surface area (Å²) in [5.41, 5.74) is 0. The highest BCUT2D eigenvalue weighted by molar-refractivity contribution is 6.74. The largest absolute Gasteiger partial charge is 0.417 e. The summed E-state index contributed by atoms with van der Waals surface area (Å²) in [5, 5.41) is 0.181. The lowest BCUT2D eigenvalue weighted by Gasteiger charge is -2.46.